The minimum Gasteiger partial charge on any atom is -0.490 e. The number of ether oxygens (including phenoxy) is 2. The van der Waals surface area contributed by atoms with Crippen molar-refractivity contribution in [1.29, 1.82) is 5.26 Å². The summed E-state index contributed by atoms with van der Waals surface area (Å²) in [6, 6.07) is 12.8. The molecule has 0 saturated carbocycles. The predicted molar refractivity (Wildman–Crippen MR) is 122 cm³/mol. The van der Waals surface area contributed by atoms with Crippen molar-refractivity contribution in [3.05, 3.63) is 76.1 Å². The number of hydrogen-bond donors (Lipinski definition) is 0. The molecule has 0 fully saturated rings. The van der Waals surface area contributed by atoms with Gasteiger partial charge < -0.3 is 9.47 Å². The van der Waals surface area contributed by atoms with Gasteiger partial charge in [0.2, 0.25) is 0 Å². The number of imide groups is 1. The molecule has 6 nitrogen and oxygen atoms in total. The lowest BCUT2D eigenvalue weighted by molar-refractivity contribution is -0.141. The highest BCUT2D eigenvalue weighted by atomic mass is 19.1. The Morgan fingerprint density at radius 1 is 1.03 bits per heavy atom. The second-order valence-corrected chi connectivity index (χ2v) is 7.48. The standard InChI is InChI=1S/C26H25FN2O4/c1-4-12-33-23-11-8-19(14-24(23)32-5-2)13-21-17(3)22(15-28)26(31)29(25(21)30)16-18-6-9-20(27)10-7-18/h6-11,13-14H,4-5,12,16H2,1-3H3/b21-13+. The summed E-state index contributed by atoms with van der Waals surface area (Å²) in [5.74, 6) is -0.454. The number of rotatable bonds is 8. The molecule has 170 valence electrons. The molecule has 2 aromatic carbocycles. The van der Waals surface area contributed by atoms with E-state index in [0.717, 1.165) is 11.3 Å². The van der Waals surface area contributed by atoms with Crippen molar-refractivity contribution in [2.24, 2.45) is 0 Å². The zero-order chi connectivity index (χ0) is 24.0. The minimum absolute atomic E-state index is 0.0677. The molecule has 33 heavy (non-hydrogen) atoms. The van der Waals surface area contributed by atoms with Crippen LogP contribution in [-0.4, -0.2) is 29.9 Å². The Hall–Kier alpha value is -3.92. The van der Waals surface area contributed by atoms with Crippen LogP contribution in [0.1, 0.15) is 38.3 Å². The van der Waals surface area contributed by atoms with Gasteiger partial charge in [0, 0.05) is 5.57 Å². The maximum Gasteiger partial charge on any atom is 0.271 e. The molecular formula is C26H25FN2O4. The van der Waals surface area contributed by atoms with E-state index in [1.807, 2.05) is 19.9 Å². The van der Waals surface area contributed by atoms with E-state index < -0.39 is 17.6 Å². The quantitative estimate of drug-likeness (QED) is 0.428. The second kappa shape index (κ2) is 10.6. The van der Waals surface area contributed by atoms with Crippen molar-refractivity contribution < 1.29 is 23.5 Å². The van der Waals surface area contributed by atoms with Gasteiger partial charge in [-0.2, -0.15) is 5.26 Å². The Kier molecular flexibility index (Phi) is 7.62. The third-order valence-electron chi connectivity index (χ3n) is 5.12. The molecular weight excluding hydrogens is 423 g/mol. The average Bonchev–Trinajstić information content (AvgIpc) is 2.81. The highest BCUT2D eigenvalue weighted by Gasteiger charge is 2.35. The first-order valence-electron chi connectivity index (χ1n) is 10.7. The first-order chi connectivity index (χ1) is 15.9. The van der Waals surface area contributed by atoms with Crippen molar-refractivity contribution in [2.45, 2.75) is 33.7 Å². The molecule has 0 radical (unpaired) electrons. The van der Waals surface area contributed by atoms with Gasteiger partial charge in [0.25, 0.3) is 11.8 Å². The lowest BCUT2D eigenvalue weighted by Gasteiger charge is -2.27. The summed E-state index contributed by atoms with van der Waals surface area (Å²) in [5, 5.41) is 9.58. The van der Waals surface area contributed by atoms with E-state index in [-0.39, 0.29) is 17.7 Å². The Bertz CT molecular complexity index is 1160. The summed E-state index contributed by atoms with van der Waals surface area (Å²) in [6.07, 6.45) is 2.48. The van der Waals surface area contributed by atoms with Crippen molar-refractivity contribution in [1.82, 2.24) is 4.90 Å². The Morgan fingerprint density at radius 2 is 1.76 bits per heavy atom. The smallest absolute Gasteiger partial charge is 0.271 e. The molecule has 2 amide bonds. The molecule has 0 unspecified atom stereocenters. The van der Waals surface area contributed by atoms with Crippen molar-refractivity contribution in [3.63, 3.8) is 0 Å². The molecule has 0 spiro atoms. The molecule has 0 saturated heterocycles. The largest absolute Gasteiger partial charge is 0.490 e. The van der Waals surface area contributed by atoms with Gasteiger partial charge >= 0.3 is 0 Å². The molecule has 3 rings (SSSR count). The fourth-order valence-electron chi connectivity index (χ4n) is 3.43. The lowest BCUT2D eigenvalue weighted by atomic mass is 9.93. The summed E-state index contributed by atoms with van der Waals surface area (Å²) in [6.45, 7) is 6.38. The van der Waals surface area contributed by atoms with Crippen LogP contribution in [-0.2, 0) is 16.1 Å². The molecule has 0 aromatic heterocycles. The van der Waals surface area contributed by atoms with Gasteiger partial charge in [-0.1, -0.05) is 25.1 Å². The molecule has 1 heterocycles. The normalized spacial score (nSPS) is 15.1. The maximum absolute atomic E-state index is 13.3. The fraction of sp³-hybridized carbons (Fsp3) is 0.269. The van der Waals surface area contributed by atoms with Crippen LogP contribution >= 0.6 is 0 Å². The summed E-state index contributed by atoms with van der Waals surface area (Å²) >= 11 is 0. The highest BCUT2D eigenvalue weighted by molar-refractivity contribution is 6.19. The van der Waals surface area contributed by atoms with Crippen LogP contribution in [0.5, 0.6) is 11.5 Å². The van der Waals surface area contributed by atoms with Gasteiger partial charge in [0.15, 0.2) is 11.5 Å². The third-order valence-corrected chi connectivity index (χ3v) is 5.12. The topological polar surface area (TPSA) is 79.6 Å². The van der Waals surface area contributed by atoms with E-state index in [1.165, 1.54) is 24.3 Å². The maximum atomic E-state index is 13.3. The number of amides is 2. The first kappa shape index (κ1) is 23.7. The van der Waals surface area contributed by atoms with E-state index in [4.69, 9.17) is 9.47 Å². The number of carbonyl (C=O) groups excluding carboxylic acids is 2. The molecule has 0 aliphatic carbocycles. The van der Waals surface area contributed by atoms with E-state index in [9.17, 15) is 19.2 Å². The number of carbonyl (C=O) groups is 2. The Balaban J connectivity index is 2.01. The van der Waals surface area contributed by atoms with Crippen molar-refractivity contribution in [2.75, 3.05) is 13.2 Å². The van der Waals surface area contributed by atoms with Gasteiger partial charge in [-0.05, 0) is 67.3 Å². The number of halogens is 1. The third kappa shape index (κ3) is 5.29. The zero-order valence-electron chi connectivity index (χ0n) is 18.9. The number of nitriles is 1. The van der Waals surface area contributed by atoms with Crippen molar-refractivity contribution >= 4 is 17.9 Å². The van der Waals surface area contributed by atoms with Crippen LogP contribution < -0.4 is 9.47 Å². The van der Waals surface area contributed by atoms with Crippen LogP contribution in [0.2, 0.25) is 0 Å². The van der Waals surface area contributed by atoms with Gasteiger partial charge in [-0.3, -0.25) is 14.5 Å². The van der Waals surface area contributed by atoms with Crippen LogP contribution in [0.3, 0.4) is 0 Å². The average molecular weight is 448 g/mol. The highest BCUT2D eigenvalue weighted by Crippen LogP contribution is 2.32. The van der Waals surface area contributed by atoms with Gasteiger partial charge in [0.1, 0.15) is 17.5 Å². The van der Waals surface area contributed by atoms with Crippen LogP contribution in [0.4, 0.5) is 4.39 Å². The zero-order valence-corrected chi connectivity index (χ0v) is 18.9. The second-order valence-electron chi connectivity index (χ2n) is 7.48. The number of hydrogen-bond acceptors (Lipinski definition) is 5. The minimum atomic E-state index is -0.667. The molecule has 7 heteroatoms. The summed E-state index contributed by atoms with van der Waals surface area (Å²) in [5.41, 5.74) is 1.68. The Labute approximate surface area is 192 Å². The SMILES string of the molecule is CCCOc1ccc(/C=C2/C(=O)N(Cc3ccc(F)cc3)C(=O)C(C#N)=C2C)cc1OCC. The molecule has 0 N–H and O–H groups in total. The molecule has 1 aliphatic heterocycles. The molecule has 0 bridgehead atoms. The van der Waals surface area contributed by atoms with Crippen LogP contribution in [0.25, 0.3) is 6.08 Å². The fourth-order valence-corrected chi connectivity index (χ4v) is 3.43. The van der Waals surface area contributed by atoms with Gasteiger partial charge in [0.05, 0.1) is 19.8 Å². The van der Waals surface area contributed by atoms with Crippen LogP contribution in [0.15, 0.2) is 59.2 Å². The van der Waals surface area contributed by atoms with Gasteiger partial charge in [-0.15, -0.1) is 0 Å². The van der Waals surface area contributed by atoms with E-state index in [1.54, 1.807) is 31.2 Å². The summed E-state index contributed by atoms with van der Waals surface area (Å²) < 4.78 is 24.7. The number of nitrogens with zero attached hydrogens (tertiary/aromatic N) is 2. The first-order valence-corrected chi connectivity index (χ1v) is 10.7. The van der Waals surface area contributed by atoms with Crippen LogP contribution in [0, 0.1) is 17.1 Å². The van der Waals surface area contributed by atoms with E-state index in [2.05, 4.69) is 0 Å². The summed E-state index contributed by atoms with van der Waals surface area (Å²) in [4.78, 5) is 27.1. The monoisotopic (exact) mass is 448 g/mol. The molecule has 1 aliphatic rings. The Morgan fingerprint density at radius 3 is 2.39 bits per heavy atom. The van der Waals surface area contributed by atoms with Gasteiger partial charge in [-0.25, -0.2) is 4.39 Å². The molecule has 0 atom stereocenters. The number of benzene rings is 2. The van der Waals surface area contributed by atoms with E-state index in [0.29, 0.717) is 41.4 Å². The van der Waals surface area contributed by atoms with E-state index >= 15 is 0 Å². The lowest BCUT2D eigenvalue weighted by Crippen LogP contribution is -2.42. The van der Waals surface area contributed by atoms with Crippen molar-refractivity contribution in [3.8, 4) is 17.6 Å². The summed E-state index contributed by atoms with van der Waals surface area (Å²) in [7, 11) is 0. The molecule has 2 aromatic rings. The predicted octanol–water partition coefficient (Wildman–Crippen LogP) is 4.81.